The standard InChI is InChI=1S/C14H18N8/c1-12-4-6-13(7-5-12)22-14(18-19-20-22)15-8-2-3-9-21-10-16-17-11-21/h4-7,10-11H,2-3,8-9H2,1H3,(H,15,18,20). The van der Waals surface area contributed by atoms with Gasteiger partial charge in [-0.15, -0.1) is 10.2 Å². The lowest BCUT2D eigenvalue weighted by Gasteiger charge is -2.07. The first-order valence-corrected chi connectivity index (χ1v) is 7.24. The average Bonchev–Trinajstić information content (AvgIpc) is 3.19. The smallest absolute Gasteiger partial charge is 0.247 e. The van der Waals surface area contributed by atoms with E-state index in [0.717, 1.165) is 31.6 Å². The lowest BCUT2D eigenvalue weighted by atomic mass is 10.2. The summed E-state index contributed by atoms with van der Waals surface area (Å²) in [5, 5.41) is 22.6. The molecule has 0 aliphatic carbocycles. The van der Waals surface area contributed by atoms with E-state index >= 15 is 0 Å². The van der Waals surface area contributed by atoms with Crippen LogP contribution in [0.15, 0.2) is 36.9 Å². The molecule has 22 heavy (non-hydrogen) atoms. The molecule has 0 spiro atoms. The van der Waals surface area contributed by atoms with Crippen LogP contribution in [0.4, 0.5) is 5.95 Å². The number of aromatic nitrogens is 7. The molecule has 8 nitrogen and oxygen atoms in total. The van der Waals surface area contributed by atoms with Crippen molar-refractivity contribution in [2.75, 3.05) is 11.9 Å². The van der Waals surface area contributed by atoms with Gasteiger partial charge in [-0.3, -0.25) is 0 Å². The fourth-order valence-electron chi connectivity index (χ4n) is 2.11. The third kappa shape index (κ3) is 3.46. The van der Waals surface area contributed by atoms with Gasteiger partial charge in [0.25, 0.3) is 0 Å². The van der Waals surface area contributed by atoms with Crippen molar-refractivity contribution in [1.82, 2.24) is 35.0 Å². The Bertz CT molecular complexity index is 686. The molecule has 0 unspecified atom stereocenters. The summed E-state index contributed by atoms with van der Waals surface area (Å²) in [4.78, 5) is 0. The number of unbranched alkanes of at least 4 members (excludes halogenated alkanes) is 1. The number of hydrogen-bond donors (Lipinski definition) is 1. The Hall–Kier alpha value is -2.77. The lowest BCUT2D eigenvalue weighted by Crippen LogP contribution is -2.09. The monoisotopic (exact) mass is 298 g/mol. The fraction of sp³-hybridized carbons (Fsp3) is 0.357. The molecule has 1 N–H and O–H groups in total. The number of anilines is 1. The Labute approximate surface area is 128 Å². The zero-order valence-electron chi connectivity index (χ0n) is 12.4. The lowest BCUT2D eigenvalue weighted by molar-refractivity contribution is 0.618. The molecule has 2 aromatic heterocycles. The Morgan fingerprint density at radius 1 is 1.05 bits per heavy atom. The van der Waals surface area contributed by atoms with E-state index in [9.17, 15) is 0 Å². The van der Waals surface area contributed by atoms with Gasteiger partial charge in [0.2, 0.25) is 5.95 Å². The van der Waals surface area contributed by atoms with Crippen molar-refractivity contribution in [3.8, 4) is 5.69 Å². The molecule has 114 valence electrons. The number of aryl methyl sites for hydroxylation is 2. The summed E-state index contributed by atoms with van der Waals surface area (Å²) in [5.74, 6) is 0.660. The van der Waals surface area contributed by atoms with Crippen LogP contribution >= 0.6 is 0 Å². The maximum Gasteiger partial charge on any atom is 0.247 e. The Balaban J connectivity index is 1.51. The third-order valence-corrected chi connectivity index (χ3v) is 3.34. The largest absolute Gasteiger partial charge is 0.353 e. The number of nitrogens with one attached hydrogen (secondary N) is 1. The fourth-order valence-corrected chi connectivity index (χ4v) is 2.11. The van der Waals surface area contributed by atoms with Gasteiger partial charge < -0.3 is 9.88 Å². The molecule has 0 saturated heterocycles. The van der Waals surface area contributed by atoms with Crippen LogP contribution < -0.4 is 5.32 Å². The molecule has 0 atom stereocenters. The Morgan fingerprint density at radius 2 is 1.82 bits per heavy atom. The second-order valence-electron chi connectivity index (χ2n) is 5.08. The van der Waals surface area contributed by atoms with Crippen molar-refractivity contribution >= 4 is 5.95 Å². The third-order valence-electron chi connectivity index (χ3n) is 3.34. The predicted octanol–water partition coefficient (Wildman–Crippen LogP) is 1.45. The molecular formula is C14H18N8. The molecule has 2 heterocycles. The van der Waals surface area contributed by atoms with Gasteiger partial charge in [0.05, 0.1) is 5.69 Å². The maximum absolute atomic E-state index is 4.03. The molecule has 0 amide bonds. The molecule has 0 saturated carbocycles. The summed E-state index contributed by atoms with van der Waals surface area (Å²) in [6, 6.07) is 8.09. The summed E-state index contributed by atoms with van der Waals surface area (Å²) >= 11 is 0. The van der Waals surface area contributed by atoms with Crippen molar-refractivity contribution in [2.24, 2.45) is 0 Å². The molecule has 0 aliphatic rings. The van der Waals surface area contributed by atoms with Gasteiger partial charge >= 0.3 is 0 Å². The van der Waals surface area contributed by atoms with Crippen LogP contribution in [0, 0.1) is 6.92 Å². The minimum absolute atomic E-state index is 0.660. The predicted molar refractivity (Wildman–Crippen MR) is 81.6 cm³/mol. The second-order valence-corrected chi connectivity index (χ2v) is 5.08. The van der Waals surface area contributed by atoms with Crippen LogP contribution in [0.1, 0.15) is 18.4 Å². The van der Waals surface area contributed by atoms with Crippen LogP contribution in [0.3, 0.4) is 0 Å². The topological polar surface area (TPSA) is 86.3 Å². The van der Waals surface area contributed by atoms with Gasteiger partial charge in [-0.05, 0) is 42.3 Å². The Morgan fingerprint density at radius 3 is 2.59 bits per heavy atom. The van der Waals surface area contributed by atoms with Crippen molar-refractivity contribution in [3.05, 3.63) is 42.5 Å². The van der Waals surface area contributed by atoms with E-state index in [-0.39, 0.29) is 0 Å². The zero-order chi connectivity index (χ0) is 15.2. The number of hydrogen-bond acceptors (Lipinski definition) is 6. The first-order chi connectivity index (χ1) is 10.8. The summed E-state index contributed by atoms with van der Waals surface area (Å²) < 4.78 is 3.68. The van der Waals surface area contributed by atoms with Gasteiger partial charge in [0, 0.05) is 13.1 Å². The SMILES string of the molecule is Cc1ccc(-n2nnnc2NCCCCn2cnnc2)cc1. The number of tetrazole rings is 1. The molecule has 8 heteroatoms. The molecule has 0 bridgehead atoms. The van der Waals surface area contributed by atoms with E-state index < -0.39 is 0 Å². The molecular weight excluding hydrogens is 280 g/mol. The quantitative estimate of drug-likeness (QED) is 0.664. The molecule has 0 aliphatic heterocycles. The number of rotatable bonds is 7. The molecule has 0 radical (unpaired) electrons. The Kier molecular flexibility index (Phi) is 4.38. The van der Waals surface area contributed by atoms with E-state index in [4.69, 9.17) is 0 Å². The number of nitrogens with zero attached hydrogens (tertiary/aromatic N) is 7. The van der Waals surface area contributed by atoms with Crippen LogP contribution in [0.5, 0.6) is 0 Å². The highest BCUT2D eigenvalue weighted by molar-refractivity contribution is 5.39. The normalized spacial score (nSPS) is 10.8. The minimum Gasteiger partial charge on any atom is -0.353 e. The van der Waals surface area contributed by atoms with Crippen molar-refractivity contribution < 1.29 is 0 Å². The van der Waals surface area contributed by atoms with E-state index in [1.165, 1.54) is 5.56 Å². The van der Waals surface area contributed by atoms with Crippen LogP contribution in [0.25, 0.3) is 5.69 Å². The molecule has 3 aromatic rings. The van der Waals surface area contributed by atoms with Gasteiger partial charge in [0.1, 0.15) is 12.7 Å². The molecule has 3 rings (SSSR count). The van der Waals surface area contributed by atoms with E-state index in [1.807, 2.05) is 28.8 Å². The summed E-state index contributed by atoms with van der Waals surface area (Å²) in [6.07, 6.45) is 5.51. The van der Waals surface area contributed by atoms with Gasteiger partial charge in [-0.25, -0.2) is 0 Å². The maximum atomic E-state index is 4.03. The van der Waals surface area contributed by atoms with E-state index in [2.05, 4.69) is 38.0 Å². The highest BCUT2D eigenvalue weighted by Crippen LogP contribution is 2.12. The highest BCUT2D eigenvalue weighted by atomic mass is 15.6. The molecule has 1 aromatic carbocycles. The minimum atomic E-state index is 0.660. The van der Waals surface area contributed by atoms with E-state index in [0.29, 0.717) is 5.95 Å². The zero-order valence-corrected chi connectivity index (χ0v) is 12.4. The van der Waals surface area contributed by atoms with Crippen molar-refractivity contribution in [1.29, 1.82) is 0 Å². The van der Waals surface area contributed by atoms with Crippen molar-refractivity contribution in [3.63, 3.8) is 0 Å². The summed E-state index contributed by atoms with van der Waals surface area (Å²) in [7, 11) is 0. The second kappa shape index (κ2) is 6.79. The number of benzene rings is 1. The van der Waals surface area contributed by atoms with Gasteiger partial charge in [-0.1, -0.05) is 22.8 Å². The van der Waals surface area contributed by atoms with Gasteiger partial charge in [-0.2, -0.15) is 4.68 Å². The van der Waals surface area contributed by atoms with Gasteiger partial charge in [0.15, 0.2) is 0 Å². The average molecular weight is 298 g/mol. The summed E-state index contributed by atoms with van der Waals surface area (Å²) in [6.45, 7) is 3.78. The first kappa shape index (κ1) is 14.2. The molecule has 0 fully saturated rings. The van der Waals surface area contributed by atoms with Crippen LogP contribution in [-0.4, -0.2) is 41.5 Å². The summed E-state index contributed by atoms with van der Waals surface area (Å²) in [5.41, 5.74) is 2.16. The van der Waals surface area contributed by atoms with E-state index in [1.54, 1.807) is 17.3 Å². The highest BCUT2D eigenvalue weighted by Gasteiger charge is 2.06. The van der Waals surface area contributed by atoms with Crippen molar-refractivity contribution in [2.45, 2.75) is 26.3 Å². The first-order valence-electron chi connectivity index (χ1n) is 7.24. The van der Waals surface area contributed by atoms with Crippen LogP contribution in [-0.2, 0) is 6.54 Å². The van der Waals surface area contributed by atoms with Crippen LogP contribution in [0.2, 0.25) is 0 Å².